The van der Waals surface area contributed by atoms with E-state index in [1.165, 1.54) is 5.56 Å². The maximum absolute atomic E-state index is 5.63. The van der Waals surface area contributed by atoms with Gasteiger partial charge in [0.05, 0.1) is 5.69 Å². The zero-order valence-electron chi connectivity index (χ0n) is 16.1. The Morgan fingerprint density at radius 1 is 1.04 bits per heavy atom. The number of tetrazole rings is 1. The highest BCUT2D eigenvalue weighted by atomic mass is 16.5. The zero-order chi connectivity index (χ0) is 19.2. The van der Waals surface area contributed by atoms with Crippen molar-refractivity contribution in [1.29, 1.82) is 0 Å². The van der Waals surface area contributed by atoms with Crippen molar-refractivity contribution in [3.63, 3.8) is 0 Å². The molecular formula is C21H26N6O. The first-order valence-corrected chi connectivity index (χ1v) is 9.74. The zero-order valence-corrected chi connectivity index (χ0v) is 16.1. The molecule has 1 aromatic heterocycles. The molecule has 0 spiro atoms. The SMILES string of the molecule is CC(NC1(CNc2nnnn2-c2ccccc2)CCOCC1)c1ccccc1. The van der Waals surface area contributed by atoms with Crippen LogP contribution in [-0.4, -0.2) is 45.5 Å². The minimum absolute atomic E-state index is 0.0824. The summed E-state index contributed by atoms with van der Waals surface area (Å²) in [4.78, 5) is 0. The molecule has 7 heteroatoms. The Bertz CT molecular complexity index is 861. The van der Waals surface area contributed by atoms with Gasteiger partial charge in [0.25, 0.3) is 0 Å². The highest BCUT2D eigenvalue weighted by Crippen LogP contribution is 2.26. The molecule has 0 bridgehead atoms. The van der Waals surface area contributed by atoms with Crippen molar-refractivity contribution in [2.45, 2.75) is 31.3 Å². The Labute approximate surface area is 165 Å². The van der Waals surface area contributed by atoms with Crippen LogP contribution in [0.25, 0.3) is 5.69 Å². The summed E-state index contributed by atoms with van der Waals surface area (Å²) in [7, 11) is 0. The molecule has 1 unspecified atom stereocenters. The summed E-state index contributed by atoms with van der Waals surface area (Å²) < 4.78 is 7.36. The Morgan fingerprint density at radius 2 is 1.71 bits per heavy atom. The lowest BCUT2D eigenvalue weighted by molar-refractivity contribution is 0.0388. The molecule has 2 aromatic carbocycles. The average Bonchev–Trinajstić information content (AvgIpc) is 3.23. The third-order valence-electron chi connectivity index (χ3n) is 5.33. The largest absolute Gasteiger partial charge is 0.381 e. The quantitative estimate of drug-likeness (QED) is 0.658. The molecule has 0 aliphatic carbocycles. The molecule has 2 heterocycles. The van der Waals surface area contributed by atoms with E-state index in [1.807, 2.05) is 36.4 Å². The summed E-state index contributed by atoms with van der Waals surface area (Å²) in [6.07, 6.45) is 1.87. The van der Waals surface area contributed by atoms with Gasteiger partial charge in [0, 0.05) is 31.3 Å². The van der Waals surface area contributed by atoms with Gasteiger partial charge in [-0.2, -0.15) is 4.68 Å². The monoisotopic (exact) mass is 378 g/mol. The number of para-hydroxylation sites is 1. The van der Waals surface area contributed by atoms with E-state index in [9.17, 15) is 0 Å². The number of anilines is 1. The molecule has 0 saturated carbocycles. The third-order valence-corrected chi connectivity index (χ3v) is 5.33. The maximum Gasteiger partial charge on any atom is 0.247 e. The molecule has 2 N–H and O–H groups in total. The molecule has 1 fully saturated rings. The summed E-state index contributed by atoms with van der Waals surface area (Å²) in [5.41, 5.74) is 2.13. The van der Waals surface area contributed by atoms with Crippen molar-refractivity contribution in [2.24, 2.45) is 0 Å². The summed E-state index contributed by atoms with van der Waals surface area (Å²) in [6, 6.07) is 20.7. The van der Waals surface area contributed by atoms with Crippen LogP contribution in [0, 0.1) is 0 Å². The first-order valence-electron chi connectivity index (χ1n) is 9.74. The molecule has 1 aliphatic rings. The Balaban J connectivity index is 1.50. The Morgan fingerprint density at radius 3 is 2.43 bits per heavy atom. The maximum atomic E-state index is 5.63. The van der Waals surface area contributed by atoms with Crippen LogP contribution in [0.4, 0.5) is 5.95 Å². The predicted molar refractivity (Wildman–Crippen MR) is 108 cm³/mol. The van der Waals surface area contributed by atoms with Crippen molar-refractivity contribution >= 4 is 5.95 Å². The van der Waals surface area contributed by atoms with Gasteiger partial charge in [-0.1, -0.05) is 53.6 Å². The molecule has 7 nitrogen and oxygen atoms in total. The van der Waals surface area contributed by atoms with E-state index < -0.39 is 0 Å². The summed E-state index contributed by atoms with van der Waals surface area (Å²) >= 11 is 0. The van der Waals surface area contributed by atoms with Gasteiger partial charge in [-0.15, -0.1) is 0 Å². The number of aromatic nitrogens is 4. The van der Waals surface area contributed by atoms with Gasteiger partial charge in [0.15, 0.2) is 0 Å². The van der Waals surface area contributed by atoms with Gasteiger partial charge in [-0.3, -0.25) is 0 Å². The number of rotatable bonds is 7. The van der Waals surface area contributed by atoms with Gasteiger partial charge in [0.2, 0.25) is 5.95 Å². The van der Waals surface area contributed by atoms with E-state index in [4.69, 9.17) is 4.74 Å². The van der Waals surface area contributed by atoms with Crippen molar-refractivity contribution in [3.8, 4) is 5.69 Å². The van der Waals surface area contributed by atoms with E-state index in [0.29, 0.717) is 5.95 Å². The lowest BCUT2D eigenvalue weighted by atomic mass is 9.88. The van der Waals surface area contributed by atoms with Crippen LogP contribution in [-0.2, 0) is 4.74 Å². The highest BCUT2D eigenvalue weighted by molar-refractivity contribution is 5.38. The number of benzene rings is 2. The second kappa shape index (κ2) is 8.50. The van der Waals surface area contributed by atoms with Gasteiger partial charge < -0.3 is 15.4 Å². The van der Waals surface area contributed by atoms with E-state index in [-0.39, 0.29) is 11.6 Å². The number of nitrogens with zero attached hydrogens (tertiary/aromatic N) is 4. The molecular weight excluding hydrogens is 352 g/mol. The standard InChI is InChI=1S/C21H26N6O/c1-17(18-8-4-2-5-9-18)23-21(12-14-28-15-13-21)16-22-20-24-25-26-27(20)19-10-6-3-7-11-19/h2-11,17,23H,12-16H2,1H3,(H,22,24,26). The van der Waals surface area contributed by atoms with E-state index in [1.54, 1.807) is 4.68 Å². The van der Waals surface area contributed by atoms with E-state index in [2.05, 4.69) is 57.3 Å². The minimum atomic E-state index is -0.0824. The molecule has 28 heavy (non-hydrogen) atoms. The van der Waals surface area contributed by atoms with Crippen LogP contribution in [0.15, 0.2) is 60.7 Å². The summed E-state index contributed by atoms with van der Waals surface area (Å²) in [5.74, 6) is 0.645. The molecule has 0 amide bonds. The average molecular weight is 378 g/mol. The highest BCUT2D eigenvalue weighted by Gasteiger charge is 2.34. The predicted octanol–water partition coefficient (Wildman–Crippen LogP) is 2.97. The van der Waals surface area contributed by atoms with Gasteiger partial charge >= 0.3 is 0 Å². The Kier molecular flexibility index (Phi) is 5.64. The Hall–Kier alpha value is -2.77. The third kappa shape index (κ3) is 4.21. The molecule has 1 atom stereocenters. The second-order valence-electron chi connectivity index (χ2n) is 7.27. The van der Waals surface area contributed by atoms with Crippen LogP contribution in [0.3, 0.4) is 0 Å². The van der Waals surface area contributed by atoms with Crippen LogP contribution in [0.5, 0.6) is 0 Å². The van der Waals surface area contributed by atoms with Crippen molar-refractivity contribution in [2.75, 3.05) is 25.1 Å². The smallest absolute Gasteiger partial charge is 0.247 e. The first-order chi connectivity index (χ1) is 13.8. The van der Waals surface area contributed by atoms with Gasteiger partial charge in [-0.05, 0) is 47.9 Å². The fraction of sp³-hybridized carbons (Fsp3) is 0.381. The van der Waals surface area contributed by atoms with E-state index in [0.717, 1.165) is 38.3 Å². The summed E-state index contributed by atoms with van der Waals surface area (Å²) in [6.45, 7) is 4.43. The fourth-order valence-electron chi connectivity index (χ4n) is 3.71. The molecule has 1 saturated heterocycles. The van der Waals surface area contributed by atoms with Crippen LogP contribution < -0.4 is 10.6 Å². The van der Waals surface area contributed by atoms with Crippen molar-refractivity contribution < 1.29 is 4.74 Å². The molecule has 4 rings (SSSR count). The van der Waals surface area contributed by atoms with Gasteiger partial charge in [-0.25, -0.2) is 0 Å². The normalized spacial score (nSPS) is 17.2. The number of nitrogens with one attached hydrogen (secondary N) is 2. The topological polar surface area (TPSA) is 76.9 Å². The van der Waals surface area contributed by atoms with E-state index >= 15 is 0 Å². The van der Waals surface area contributed by atoms with Crippen LogP contribution in [0.1, 0.15) is 31.4 Å². The van der Waals surface area contributed by atoms with Crippen LogP contribution in [0.2, 0.25) is 0 Å². The molecule has 146 valence electrons. The van der Waals surface area contributed by atoms with Crippen molar-refractivity contribution in [3.05, 3.63) is 66.2 Å². The molecule has 0 radical (unpaired) electrons. The van der Waals surface area contributed by atoms with Crippen molar-refractivity contribution in [1.82, 2.24) is 25.5 Å². The molecule has 3 aromatic rings. The fourth-order valence-corrected chi connectivity index (χ4v) is 3.71. The lowest BCUT2D eigenvalue weighted by Crippen LogP contribution is -2.54. The number of hydrogen-bond donors (Lipinski definition) is 2. The first kappa shape index (κ1) is 18.6. The number of ether oxygens (including phenoxy) is 1. The second-order valence-corrected chi connectivity index (χ2v) is 7.27. The van der Waals surface area contributed by atoms with Gasteiger partial charge in [0.1, 0.15) is 0 Å². The lowest BCUT2D eigenvalue weighted by Gasteiger charge is -2.40. The minimum Gasteiger partial charge on any atom is -0.381 e. The molecule has 1 aliphatic heterocycles. The number of hydrogen-bond acceptors (Lipinski definition) is 6. The summed E-state index contributed by atoms with van der Waals surface area (Å²) in [5, 5.41) is 19.5. The van der Waals surface area contributed by atoms with Crippen LogP contribution >= 0.6 is 0 Å².